The Bertz CT molecular complexity index is 203. The van der Waals surface area contributed by atoms with Gasteiger partial charge in [0.15, 0.2) is 8.32 Å². The average Bonchev–Trinajstić information content (AvgIpc) is 2.13. The fourth-order valence-electron chi connectivity index (χ4n) is 2.33. The zero-order valence-corrected chi connectivity index (χ0v) is 10.7. The smallest absolute Gasteiger partial charge is 0.192 e. The molecule has 4 N–H and O–H groups in total. The van der Waals surface area contributed by atoms with Gasteiger partial charge >= 0.3 is 0 Å². The fourth-order valence-corrected chi connectivity index (χ4v) is 5.98. The van der Waals surface area contributed by atoms with Crippen molar-refractivity contribution in [3.05, 3.63) is 0 Å². The van der Waals surface area contributed by atoms with Crippen molar-refractivity contribution in [2.45, 2.75) is 63.5 Å². The summed E-state index contributed by atoms with van der Waals surface area (Å²) in [4.78, 5) is 0. The van der Waals surface area contributed by atoms with Gasteiger partial charge in [0.05, 0.1) is 0 Å². The number of nitrogens with two attached hydrogens (primary N) is 2. The van der Waals surface area contributed by atoms with Gasteiger partial charge in [0.1, 0.15) is 5.72 Å². The topological polar surface area (TPSA) is 61.3 Å². The van der Waals surface area contributed by atoms with Crippen LogP contribution in [-0.4, -0.2) is 20.1 Å². The van der Waals surface area contributed by atoms with Crippen LogP contribution in [0.3, 0.4) is 0 Å². The van der Waals surface area contributed by atoms with Gasteiger partial charge in [0.25, 0.3) is 0 Å². The van der Waals surface area contributed by atoms with E-state index in [9.17, 15) is 0 Å². The lowest BCUT2D eigenvalue weighted by molar-refractivity contribution is 0.0158. The van der Waals surface area contributed by atoms with Crippen LogP contribution in [-0.2, 0) is 4.43 Å². The molecule has 0 saturated carbocycles. The SMILES string of the molecule is CCC[Si]1(C)CCC(N)C(N)(CC)O1. The van der Waals surface area contributed by atoms with Gasteiger partial charge in [-0.05, 0) is 31.5 Å². The van der Waals surface area contributed by atoms with Crippen molar-refractivity contribution in [1.82, 2.24) is 0 Å². The average molecular weight is 216 g/mol. The van der Waals surface area contributed by atoms with Gasteiger partial charge in [-0.1, -0.05) is 20.3 Å². The molecule has 0 radical (unpaired) electrons. The maximum atomic E-state index is 6.20. The quantitative estimate of drug-likeness (QED) is 0.707. The standard InChI is InChI=1S/C10H24N2OSi/c1-4-7-14(3)8-6-9(11)10(12,5-2)13-14/h9H,4-8,11-12H2,1-3H3. The zero-order valence-electron chi connectivity index (χ0n) is 9.68. The Hall–Kier alpha value is 0.0969. The first-order valence-corrected chi connectivity index (χ1v) is 8.52. The maximum absolute atomic E-state index is 6.20. The first-order valence-electron chi connectivity index (χ1n) is 5.70. The summed E-state index contributed by atoms with van der Waals surface area (Å²) >= 11 is 0. The van der Waals surface area contributed by atoms with Crippen LogP contribution in [0.15, 0.2) is 0 Å². The van der Waals surface area contributed by atoms with E-state index in [1.165, 1.54) is 18.5 Å². The molecule has 14 heavy (non-hydrogen) atoms. The van der Waals surface area contributed by atoms with Gasteiger partial charge in [-0.2, -0.15) is 0 Å². The highest BCUT2D eigenvalue weighted by Gasteiger charge is 2.45. The summed E-state index contributed by atoms with van der Waals surface area (Å²) in [5.74, 6) is 0. The molecule has 3 unspecified atom stereocenters. The molecule has 0 aliphatic carbocycles. The monoisotopic (exact) mass is 216 g/mol. The summed E-state index contributed by atoms with van der Waals surface area (Å²) in [7, 11) is -1.54. The van der Waals surface area contributed by atoms with Crippen molar-refractivity contribution in [3.8, 4) is 0 Å². The van der Waals surface area contributed by atoms with Crippen LogP contribution in [0.1, 0.15) is 33.1 Å². The van der Waals surface area contributed by atoms with Gasteiger partial charge < -0.3 is 15.9 Å². The summed E-state index contributed by atoms with van der Waals surface area (Å²) in [5, 5.41) is 0. The minimum absolute atomic E-state index is 0.0185. The number of hydrogen-bond donors (Lipinski definition) is 2. The van der Waals surface area contributed by atoms with E-state index in [1.54, 1.807) is 0 Å². The summed E-state index contributed by atoms with van der Waals surface area (Å²) in [6.45, 7) is 6.56. The second-order valence-corrected chi connectivity index (χ2v) is 8.86. The van der Waals surface area contributed by atoms with Gasteiger partial charge in [-0.25, -0.2) is 0 Å². The highest BCUT2D eigenvalue weighted by molar-refractivity contribution is 6.72. The van der Waals surface area contributed by atoms with Crippen molar-refractivity contribution in [1.29, 1.82) is 0 Å². The van der Waals surface area contributed by atoms with Crippen LogP contribution >= 0.6 is 0 Å². The second kappa shape index (κ2) is 4.31. The molecule has 1 fully saturated rings. The predicted octanol–water partition coefficient (Wildman–Crippen LogP) is 1.78. The van der Waals surface area contributed by atoms with Gasteiger partial charge in [0, 0.05) is 6.04 Å². The third-order valence-electron chi connectivity index (χ3n) is 3.38. The molecule has 1 saturated heterocycles. The van der Waals surface area contributed by atoms with E-state index < -0.39 is 14.0 Å². The first-order chi connectivity index (χ1) is 6.46. The van der Waals surface area contributed by atoms with Gasteiger partial charge in [-0.15, -0.1) is 0 Å². The van der Waals surface area contributed by atoms with E-state index in [1.807, 2.05) is 0 Å². The summed E-state index contributed by atoms with van der Waals surface area (Å²) < 4.78 is 6.15. The largest absolute Gasteiger partial charge is 0.398 e. The molecule has 3 atom stereocenters. The Morgan fingerprint density at radius 3 is 2.64 bits per heavy atom. The minimum atomic E-state index is -1.54. The molecule has 4 heteroatoms. The zero-order chi connectivity index (χ0) is 10.8. The van der Waals surface area contributed by atoms with E-state index in [4.69, 9.17) is 15.9 Å². The molecule has 1 aliphatic rings. The van der Waals surface area contributed by atoms with Crippen molar-refractivity contribution >= 4 is 8.32 Å². The molecule has 0 amide bonds. The predicted molar refractivity (Wildman–Crippen MR) is 62.4 cm³/mol. The Morgan fingerprint density at radius 1 is 1.50 bits per heavy atom. The Kier molecular flexibility index (Phi) is 3.74. The van der Waals surface area contributed by atoms with Crippen LogP contribution in [0, 0.1) is 0 Å². The van der Waals surface area contributed by atoms with Crippen LogP contribution in [0.4, 0.5) is 0 Å². The van der Waals surface area contributed by atoms with Crippen molar-refractivity contribution < 1.29 is 4.43 Å². The summed E-state index contributed by atoms with van der Waals surface area (Å²) in [6.07, 6.45) is 3.05. The lowest BCUT2D eigenvalue weighted by Crippen LogP contribution is -2.65. The molecule has 0 aromatic heterocycles. The Labute approximate surface area is 88.3 Å². The third-order valence-corrected chi connectivity index (χ3v) is 7.16. The molecule has 0 aromatic rings. The third kappa shape index (κ3) is 2.37. The molecule has 1 aliphatic heterocycles. The molecule has 1 heterocycles. The molecule has 3 nitrogen and oxygen atoms in total. The van der Waals surface area contributed by atoms with Gasteiger partial charge in [-0.3, -0.25) is 0 Å². The lowest BCUT2D eigenvalue weighted by atomic mass is 10.0. The minimum Gasteiger partial charge on any atom is -0.398 e. The van der Waals surface area contributed by atoms with Crippen LogP contribution < -0.4 is 11.5 Å². The normalized spacial score (nSPS) is 43.9. The molecule has 0 spiro atoms. The summed E-state index contributed by atoms with van der Waals surface area (Å²) in [5.41, 5.74) is 11.7. The maximum Gasteiger partial charge on any atom is 0.192 e. The molecule has 0 aromatic carbocycles. The van der Waals surface area contributed by atoms with Gasteiger partial charge in [0.2, 0.25) is 0 Å². The summed E-state index contributed by atoms with van der Waals surface area (Å²) in [6, 6.07) is 2.39. The van der Waals surface area contributed by atoms with E-state index in [-0.39, 0.29) is 6.04 Å². The number of hydrogen-bond acceptors (Lipinski definition) is 3. The van der Waals surface area contributed by atoms with E-state index in [0.29, 0.717) is 0 Å². The molecule has 1 rings (SSSR count). The van der Waals surface area contributed by atoms with Crippen molar-refractivity contribution in [2.24, 2.45) is 11.5 Å². The van der Waals surface area contributed by atoms with Crippen molar-refractivity contribution in [3.63, 3.8) is 0 Å². The van der Waals surface area contributed by atoms with Crippen LogP contribution in [0.2, 0.25) is 18.6 Å². The van der Waals surface area contributed by atoms with Crippen molar-refractivity contribution in [2.75, 3.05) is 0 Å². The lowest BCUT2D eigenvalue weighted by Gasteiger charge is -2.47. The second-order valence-electron chi connectivity index (χ2n) is 4.76. The van der Waals surface area contributed by atoms with Crippen LogP contribution in [0.5, 0.6) is 0 Å². The van der Waals surface area contributed by atoms with E-state index in [2.05, 4.69) is 20.4 Å². The highest BCUT2D eigenvalue weighted by atomic mass is 28.4. The fraction of sp³-hybridized carbons (Fsp3) is 1.00. The Balaban J connectivity index is 2.70. The molecular formula is C10H24N2OSi. The van der Waals surface area contributed by atoms with E-state index >= 15 is 0 Å². The highest BCUT2D eigenvalue weighted by Crippen LogP contribution is 2.34. The Morgan fingerprint density at radius 2 is 2.14 bits per heavy atom. The van der Waals surface area contributed by atoms with Crippen LogP contribution in [0.25, 0.3) is 0 Å². The van der Waals surface area contributed by atoms with E-state index in [0.717, 1.165) is 12.8 Å². The molecule has 84 valence electrons. The molecular weight excluding hydrogens is 192 g/mol. The number of rotatable bonds is 3. The first kappa shape index (κ1) is 12.2. The molecule has 0 bridgehead atoms.